The number of amides is 1. The normalized spacial score (nSPS) is 10.5. The van der Waals surface area contributed by atoms with Gasteiger partial charge in [0.05, 0.1) is 6.04 Å². The third kappa shape index (κ3) is 7.33. The summed E-state index contributed by atoms with van der Waals surface area (Å²) in [6, 6.07) is -0.0788. The molecule has 0 saturated heterocycles. The second kappa shape index (κ2) is 9.43. The molecule has 0 bridgehead atoms. The molecule has 0 aromatic heterocycles. The number of hydrogen-bond donors (Lipinski definition) is 2. The lowest BCUT2D eigenvalue weighted by Crippen LogP contribution is -2.40. The van der Waals surface area contributed by atoms with Gasteiger partial charge in [0.25, 0.3) is 0 Å². The molecule has 1 amide bonds. The monoisotopic (exact) mass is 162 g/mol. The molecule has 0 fully saturated rings. The van der Waals surface area contributed by atoms with Crippen molar-refractivity contribution in [1.29, 1.82) is 0 Å². The van der Waals surface area contributed by atoms with Crippen molar-refractivity contribution >= 4 is 5.91 Å². The first-order chi connectivity index (χ1) is 4.22. The van der Waals surface area contributed by atoms with Gasteiger partial charge < -0.3 is 10.6 Å². The Morgan fingerprint density at radius 1 is 1.45 bits per heavy atom. The van der Waals surface area contributed by atoms with Crippen molar-refractivity contribution in [3.05, 3.63) is 0 Å². The van der Waals surface area contributed by atoms with Gasteiger partial charge in [0.2, 0.25) is 5.91 Å². The minimum absolute atomic E-state index is 0. The van der Waals surface area contributed by atoms with E-state index < -0.39 is 0 Å². The predicted molar refractivity (Wildman–Crippen MR) is 50.7 cm³/mol. The molecule has 0 aromatic carbocycles. The first-order valence-electron chi connectivity index (χ1n) is 3.17. The van der Waals surface area contributed by atoms with Crippen molar-refractivity contribution in [2.24, 2.45) is 0 Å². The number of rotatable bonds is 3. The molecule has 0 spiro atoms. The highest BCUT2D eigenvalue weighted by Gasteiger charge is 2.06. The van der Waals surface area contributed by atoms with E-state index in [0.29, 0.717) is 6.54 Å². The number of carbonyl (C=O) groups excluding carboxylic acids is 1. The zero-order valence-corrected chi connectivity index (χ0v) is 6.19. The van der Waals surface area contributed by atoms with Crippen molar-refractivity contribution < 1.29 is 4.79 Å². The lowest BCUT2D eigenvalue weighted by Gasteiger charge is -2.08. The number of nitrogens with one attached hydrogen (secondary N) is 2. The van der Waals surface area contributed by atoms with Gasteiger partial charge in [0, 0.05) is 6.54 Å². The molecule has 2 N–H and O–H groups in total. The fraction of sp³-hybridized carbons (Fsp3) is 0.875. The number of carbonyl (C=O) groups is 1. The topological polar surface area (TPSA) is 41.1 Å². The van der Waals surface area contributed by atoms with Crippen LogP contribution in [0, 0.1) is 0 Å². The molecule has 0 aromatic rings. The van der Waals surface area contributed by atoms with Gasteiger partial charge >= 0.3 is 0 Å². The fourth-order valence-electron chi connectivity index (χ4n) is 0.458. The number of hydrogen-bond acceptors (Lipinski definition) is 2. The summed E-state index contributed by atoms with van der Waals surface area (Å²) in [5, 5.41) is 5.53. The van der Waals surface area contributed by atoms with E-state index in [1.54, 1.807) is 7.05 Å². The highest BCUT2D eigenvalue weighted by atomic mass is 16.2. The van der Waals surface area contributed by atoms with E-state index in [2.05, 4.69) is 10.6 Å². The molecule has 0 rings (SSSR count). The second-order valence-electron chi connectivity index (χ2n) is 1.90. The van der Waals surface area contributed by atoms with Gasteiger partial charge in [0.15, 0.2) is 0 Å². The molecule has 1 atom stereocenters. The Hall–Kier alpha value is -0.570. The van der Waals surface area contributed by atoms with Crippen LogP contribution in [0.5, 0.6) is 0 Å². The van der Waals surface area contributed by atoms with Crippen LogP contribution in [0.1, 0.15) is 28.7 Å². The summed E-state index contributed by atoms with van der Waals surface area (Å²) in [6.45, 7) is 4.43. The van der Waals surface area contributed by atoms with Crippen LogP contribution in [-0.4, -0.2) is 25.5 Å². The van der Waals surface area contributed by atoms with Gasteiger partial charge in [-0.15, -0.1) is 0 Å². The van der Waals surface area contributed by atoms with Gasteiger partial charge in [-0.2, -0.15) is 0 Å². The van der Waals surface area contributed by atoms with Crippen LogP contribution in [-0.2, 0) is 4.79 Å². The summed E-state index contributed by atoms with van der Waals surface area (Å²) in [7, 11) is 1.76. The van der Waals surface area contributed by atoms with Crippen molar-refractivity contribution in [1.82, 2.24) is 10.6 Å². The maximum absolute atomic E-state index is 10.8. The summed E-state index contributed by atoms with van der Waals surface area (Å²) in [4.78, 5) is 10.8. The average Bonchev–Trinajstić information content (AvgIpc) is 1.87. The van der Waals surface area contributed by atoms with E-state index in [1.165, 1.54) is 0 Å². The van der Waals surface area contributed by atoms with E-state index in [1.807, 2.05) is 13.8 Å². The van der Waals surface area contributed by atoms with Crippen LogP contribution < -0.4 is 10.6 Å². The van der Waals surface area contributed by atoms with Crippen molar-refractivity contribution in [3.8, 4) is 0 Å². The maximum Gasteiger partial charge on any atom is 0.236 e. The third-order valence-electron chi connectivity index (χ3n) is 1.18. The first kappa shape index (κ1) is 16.8. The van der Waals surface area contributed by atoms with Gasteiger partial charge in [-0.25, -0.2) is 0 Å². The Labute approximate surface area is 70.6 Å². The summed E-state index contributed by atoms with van der Waals surface area (Å²) >= 11 is 0. The van der Waals surface area contributed by atoms with E-state index in [9.17, 15) is 4.79 Å². The molecule has 0 unspecified atom stereocenters. The van der Waals surface area contributed by atoms with E-state index in [0.717, 1.165) is 0 Å². The van der Waals surface area contributed by atoms with Crippen molar-refractivity contribution in [2.45, 2.75) is 34.7 Å². The highest BCUT2D eigenvalue weighted by molar-refractivity contribution is 5.81. The van der Waals surface area contributed by atoms with E-state index >= 15 is 0 Å². The molecule has 70 valence electrons. The zero-order chi connectivity index (χ0) is 7.28. The lowest BCUT2D eigenvalue weighted by molar-refractivity contribution is -0.122. The molecular weight excluding hydrogens is 140 g/mol. The van der Waals surface area contributed by atoms with Gasteiger partial charge in [-0.05, 0) is 20.9 Å². The molecule has 0 saturated carbocycles. The Balaban J connectivity index is -0.000000320. The Morgan fingerprint density at radius 2 is 1.91 bits per heavy atom. The molecule has 0 heterocycles. The van der Waals surface area contributed by atoms with Gasteiger partial charge in [0.1, 0.15) is 0 Å². The van der Waals surface area contributed by atoms with E-state index in [4.69, 9.17) is 0 Å². The molecule has 0 radical (unpaired) electrons. The molecular formula is C8H22N2O. The Kier molecular flexibility index (Phi) is 14.4. The van der Waals surface area contributed by atoms with Gasteiger partial charge in [-0.3, -0.25) is 4.79 Å². The van der Waals surface area contributed by atoms with Crippen LogP contribution in [0.4, 0.5) is 0 Å². The van der Waals surface area contributed by atoms with Crippen LogP contribution >= 0.6 is 0 Å². The molecule has 0 aliphatic rings. The van der Waals surface area contributed by atoms with Crippen LogP contribution in [0.3, 0.4) is 0 Å². The molecule has 0 aliphatic heterocycles. The molecule has 3 heteroatoms. The second-order valence-corrected chi connectivity index (χ2v) is 1.90. The fourth-order valence-corrected chi connectivity index (χ4v) is 0.458. The summed E-state index contributed by atoms with van der Waals surface area (Å²) < 4.78 is 0. The van der Waals surface area contributed by atoms with Gasteiger partial charge in [-0.1, -0.05) is 14.9 Å². The minimum atomic E-state index is -0.0788. The van der Waals surface area contributed by atoms with Crippen LogP contribution in [0.15, 0.2) is 0 Å². The smallest absolute Gasteiger partial charge is 0.236 e. The summed E-state index contributed by atoms with van der Waals surface area (Å²) in [5.74, 6) is 0.0556. The lowest BCUT2D eigenvalue weighted by atomic mass is 10.3. The quantitative estimate of drug-likeness (QED) is 0.650. The largest absolute Gasteiger partial charge is 0.355 e. The average molecular weight is 162 g/mol. The molecule has 11 heavy (non-hydrogen) atoms. The summed E-state index contributed by atoms with van der Waals surface area (Å²) in [5.41, 5.74) is 0. The zero-order valence-electron chi connectivity index (χ0n) is 6.19. The van der Waals surface area contributed by atoms with Crippen LogP contribution in [0.25, 0.3) is 0 Å². The standard InChI is InChI=1S/C6H14N2O.2CH4/c1-4-8-6(9)5(2)7-3;;/h5,7H,4H2,1-3H3,(H,8,9);2*1H4/t5-;;/m0../s1. The molecule has 3 nitrogen and oxygen atoms in total. The minimum Gasteiger partial charge on any atom is -0.355 e. The SMILES string of the molecule is C.C.CCNC(=O)[C@H](C)NC. The van der Waals surface area contributed by atoms with Crippen molar-refractivity contribution in [2.75, 3.05) is 13.6 Å². The van der Waals surface area contributed by atoms with Crippen LogP contribution in [0.2, 0.25) is 0 Å². The highest BCUT2D eigenvalue weighted by Crippen LogP contribution is 1.76. The maximum atomic E-state index is 10.8. The predicted octanol–water partition coefficient (Wildman–Crippen LogP) is 1.00. The summed E-state index contributed by atoms with van der Waals surface area (Å²) in [6.07, 6.45) is 0. The Morgan fingerprint density at radius 3 is 2.18 bits per heavy atom. The third-order valence-corrected chi connectivity index (χ3v) is 1.18. The number of likely N-dealkylation sites (N-methyl/N-ethyl adjacent to an activating group) is 2. The van der Waals surface area contributed by atoms with E-state index in [-0.39, 0.29) is 26.8 Å². The molecule has 0 aliphatic carbocycles. The Bertz CT molecular complexity index is 94.1. The first-order valence-corrected chi connectivity index (χ1v) is 3.17. The van der Waals surface area contributed by atoms with Crippen molar-refractivity contribution in [3.63, 3.8) is 0 Å².